The number of nitrogens with one attached hydrogen (secondary N) is 1. The van der Waals surface area contributed by atoms with E-state index in [0.29, 0.717) is 16.3 Å². The van der Waals surface area contributed by atoms with Crippen molar-refractivity contribution >= 4 is 29.3 Å². The van der Waals surface area contributed by atoms with Crippen LogP contribution in [0.2, 0.25) is 5.02 Å². The van der Waals surface area contributed by atoms with Crippen molar-refractivity contribution < 1.29 is 9.18 Å². The molecule has 1 atom stereocenters. The lowest BCUT2D eigenvalue weighted by Crippen LogP contribution is -2.28. The van der Waals surface area contributed by atoms with Crippen LogP contribution in [0.15, 0.2) is 48.5 Å². The molecule has 1 N–H and O–H groups in total. The lowest BCUT2D eigenvalue weighted by atomic mass is 10.1. The smallest absolute Gasteiger partial charge is 0.230 e. The molecule has 2 aromatic carbocycles. The van der Waals surface area contributed by atoms with Crippen molar-refractivity contribution in [3.63, 3.8) is 0 Å². The Balaban J connectivity index is 1.81. The quantitative estimate of drug-likeness (QED) is 0.835. The van der Waals surface area contributed by atoms with Gasteiger partial charge in [0.25, 0.3) is 0 Å². The summed E-state index contributed by atoms with van der Waals surface area (Å²) >= 11 is 7.30. The van der Waals surface area contributed by atoms with Crippen molar-refractivity contribution in [2.45, 2.75) is 18.7 Å². The van der Waals surface area contributed by atoms with Crippen LogP contribution in [0.4, 0.5) is 4.39 Å². The normalized spacial score (nSPS) is 12.0. The molecule has 2 rings (SSSR count). The number of benzene rings is 2. The van der Waals surface area contributed by atoms with Crippen LogP contribution in [-0.2, 0) is 10.5 Å². The third-order valence-electron chi connectivity index (χ3n) is 3.22. The van der Waals surface area contributed by atoms with Crippen molar-refractivity contribution in [1.29, 1.82) is 0 Å². The van der Waals surface area contributed by atoms with E-state index in [0.717, 1.165) is 5.56 Å². The van der Waals surface area contributed by atoms with Crippen LogP contribution in [0.25, 0.3) is 0 Å². The molecule has 0 aromatic heterocycles. The van der Waals surface area contributed by atoms with E-state index in [1.807, 2.05) is 37.3 Å². The summed E-state index contributed by atoms with van der Waals surface area (Å²) in [5, 5.41) is 3.32. The van der Waals surface area contributed by atoms with E-state index in [2.05, 4.69) is 5.32 Å². The Hall–Kier alpha value is -1.52. The first kappa shape index (κ1) is 16.8. The first-order valence-electron chi connectivity index (χ1n) is 6.93. The van der Waals surface area contributed by atoms with Gasteiger partial charge in [-0.05, 0) is 24.6 Å². The predicted molar refractivity (Wildman–Crippen MR) is 90.6 cm³/mol. The summed E-state index contributed by atoms with van der Waals surface area (Å²) in [5.41, 5.74) is 1.50. The minimum Gasteiger partial charge on any atom is -0.349 e. The van der Waals surface area contributed by atoms with Crippen molar-refractivity contribution in [3.05, 3.63) is 70.5 Å². The Kier molecular flexibility index (Phi) is 6.28. The molecule has 0 saturated heterocycles. The summed E-state index contributed by atoms with van der Waals surface area (Å²) in [6, 6.07) is 14.3. The standard InChI is InChI=1S/C17H17ClFNOS/c1-12(13-6-3-2-4-7-13)20-17(21)11-22-10-14-15(18)8-5-9-16(14)19/h2-9,12H,10-11H2,1H3,(H,20,21)/t12-/m0/s1. The fourth-order valence-electron chi connectivity index (χ4n) is 2.02. The summed E-state index contributed by atoms with van der Waals surface area (Å²) in [4.78, 5) is 11.9. The molecule has 5 heteroatoms. The summed E-state index contributed by atoms with van der Waals surface area (Å²) in [6.07, 6.45) is 0. The van der Waals surface area contributed by atoms with Gasteiger partial charge in [0.05, 0.1) is 11.8 Å². The van der Waals surface area contributed by atoms with Crippen molar-refractivity contribution in [1.82, 2.24) is 5.32 Å². The zero-order chi connectivity index (χ0) is 15.9. The van der Waals surface area contributed by atoms with Gasteiger partial charge in [-0.15, -0.1) is 11.8 Å². The Morgan fingerprint density at radius 3 is 2.64 bits per heavy atom. The highest BCUT2D eigenvalue weighted by molar-refractivity contribution is 7.99. The highest BCUT2D eigenvalue weighted by atomic mass is 35.5. The summed E-state index contributed by atoms with van der Waals surface area (Å²) in [6.45, 7) is 1.94. The van der Waals surface area contributed by atoms with Crippen molar-refractivity contribution in [3.8, 4) is 0 Å². The zero-order valence-electron chi connectivity index (χ0n) is 12.2. The summed E-state index contributed by atoms with van der Waals surface area (Å²) < 4.78 is 13.6. The number of carbonyl (C=O) groups excluding carboxylic acids is 1. The Morgan fingerprint density at radius 1 is 1.23 bits per heavy atom. The molecule has 0 radical (unpaired) electrons. The van der Waals surface area contributed by atoms with Crippen LogP contribution in [-0.4, -0.2) is 11.7 Å². The minimum absolute atomic E-state index is 0.0497. The number of halogens is 2. The highest BCUT2D eigenvalue weighted by Gasteiger charge is 2.11. The maximum Gasteiger partial charge on any atom is 0.230 e. The molecular formula is C17H17ClFNOS. The first-order valence-corrected chi connectivity index (χ1v) is 8.46. The second-order valence-electron chi connectivity index (χ2n) is 4.89. The molecule has 0 heterocycles. The molecule has 1 amide bonds. The van der Waals surface area contributed by atoms with E-state index >= 15 is 0 Å². The molecule has 2 nitrogen and oxygen atoms in total. The van der Waals surface area contributed by atoms with Crippen LogP contribution in [0.3, 0.4) is 0 Å². The van der Waals surface area contributed by atoms with Gasteiger partial charge in [-0.25, -0.2) is 4.39 Å². The van der Waals surface area contributed by atoms with Crippen molar-refractivity contribution in [2.24, 2.45) is 0 Å². The van der Waals surface area contributed by atoms with E-state index < -0.39 is 0 Å². The van der Waals surface area contributed by atoms with Crippen LogP contribution < -0.4 is 5.32 Å². The molecule has 0 aliphatic heterocycles. The molecule has 22 heavy (non-hydrogen) atoms. The van der Waals surface area contributed by atoms with Gasteiger partial charge in [0.2, 0.25) is 5.91 Å². The van der Waals surface area contributed by atoms with Gasteiger partial charge in [0, 0.05) is 16.3 Å². The third kappa shape index (κ3) is 4.75. The summed E-state index contributed by atoms with van der Waals surface area (Å²) in [7, 11) is 0. The number of rotatable bonds is 6. The van der Waals surface area contributed by atoms with Gasteiger partial charge in [-0.3, -0.25) is 4.79 Å². The lowest BCUT2D eigenvalue weighted by Gasteiger charge is -2.14. The fourth-order valence-corrected chi connectivity index (χ4v) is 3.20. The number of hydrogen-bond donors (Lipinski definition) is 1. The number of hydrogen-bond acceptors (Lipinski definition) is 2. The minimum atomic E-state index is -0.335. The van der Waals surface area contributed by atoms with Gasteiger partial charge < -0.3 is 5.32 Å². The topological polar surface area (TPSA) is 29.1 Å². The fraction of sp³-hybridized carbons (Fsp3) is 0.235. The Bertz CT molecular complexity index is 616. The molecule has 0 unspecified atom stereocenters. The van der Waals surface area contributed by atoms with Crippen LogP contribution >= 0.6 is 23.4 Å². The van der Waals surface area contributed by atoms with Gasteiger partial charge in [0.1, 0.15) is 5.82 Å². The summed E-state index contributed by atoms with van der Waals surface area (Å²) in [5.74, 6) is 0.229. The molecule has 0 aliphatic carbocycles. The molecule has 2 aromatic rings. The second kappa shape index (κ2) is 8.20. The van der Waals surface area contributed by atoms with E-state index in [4.69, 9.17) is 11.6 Å². The predicted octanol–water partition coefficient (Wildman–Crippen LogP) is 4.59. The molecule has 0 spiro atoms. The average Bonchev–Trinajstić information content (AvgIpc) is 2.51. The van der Waals surface area contributed by atoms with E-state index in [9.17, 15) is 9.18 Å². The van der Waals surface area contributed by atoms with Gasteiger partial charge in [-0.1, -0.05) is 48.0 Å². The molecule has 0 fully saturated rings. The van der Waals surface area contributed by atoms with Crippen LogP contribution in [0.1, 0.15) is 24.1 Å². The molecule has 0 saturated carbocycles. The zero-order valence-corrected chi connectivity index (χ0v) is 13.8. The largest absolute Gasteiger partial charge is 0.349 e. The molecule has 0 bridgehead atoms. The van der Waals surface area contributed by atoms with Gasteiger partial charge >= 0.3 is 0 Å². The van der Waals surface area contributed by atoms with Crippen LogP contribution in [0, 0.1) is 5.82 Å². The molecule has 0 aliphatic rings. The maximum absolute atomic E-state index is 13.6. The third-order valence-corrected chi connectivity index (χ3v) is 4.53. The molecular weight excluding hydrogens is 321 g/mol. The second-order valence-corrected chi connectivity index (χ2v) is 6.29. The number of amides is 1. The highest BCUT2D eigenvalue weighted by Crippen LogP contribution is 2.23. The van der Waals surface area contributed by atoms with Crippen molar-refractivity contribution in [2.75, 3.05) is 5.75 Å². The van der Waals surface area contributed by atoms with E-state index in [1.54, 1.807) is 12.1 Å². The number of carbonyl (C=O) groups is 1. The first-order chi connectivity index (χ1) is 10.6. The van der Waals surface area contributed by atoms with Gasteiger partial charge in [-0.2, -0.15) is 0 Å². The Morgan fingerprint density at radius 2 is 1.95 bits per heavy atom. The Labute approximate surface area is 139 Å². The lowest BCUT2D eigenvalue weighted by molar-refractivity contribution is -0.119. The molecule has 116 valence electrons. The van der Waals surface area contributed by atoms with E-state index in [1.165, 1.54) is 17.8 Å². The number of thioether (sulfide) groups is 1. The van der Waals surface area contributed by atoms with E-state index in [-0.39, 0.29) is 23.5 Å². The van der Waals surface area contributed by atoms with Crippen LogP contribution in [0.5, 0.6) is 0 Å². The average molecular weight is 338 g/mol. The maximum atomic E-state index is 13.6. The SMILES string of the molecule is C[C@H](NC(=O)CSCc1c(F)cccc1Cl)c1ccccc1. The van der Waals surface area contributed by atoms with Gasteiger partial charge in [0.15, 0.2) is 0 Å². The monoisotopic (exact) mass is 337 g/mol.